The molecule has 2 rings (SSSR count). The molecule has 1 aromatic carbocycles. The molecule has 0 aliphatic rings. The van der Waals surface area contributed by atoms with Crippen LogP contribution in [0.5, 0.6) is 0 Å². The van der Waals surface area contributed by atoms with Crippen LogP contribution in [0.4, 0.5) is 0 Å². The van der Waals surface area contributed by atoms with Gasteiger partial charge in [-0.15, -0.1) is 11.3 Å². The molecule has 0 bridgehead atoms. The number of hydrogen-bond acceptors (Lipinski definition) is 3. The highest BCUT2D eigenvalue weighted by Gasteiger charge is 2.09. The molecule has 0 amide bonds. The van der Waals surface area contributed by atoms with Crippen LogP contribution in [0.2, 0.25) is 5.02 Å². The predicted molar refractivity (Wildman–Crippen MR) is 78.8 cm³/mol. The molecule has 3 N–H and O–H groups in total. The molecule has 1 heterocycles. The molecule has 1 aromatic heterocycles. The van der Waals surface area contributed by atoms with Crippen LogP contribution in [-0.2, 0) is 6.42 Å². The maximum Gasteiger partial charge on any atom is 0.0460 e. The third-order valence-corrected chi connectivity index (χ3v) is 4.12. The van der Waals surface area contributed by atoms with Crippen LogP contribution in [-0.4, -0.2) is 0 Å². The summed E-state index contributed by atoms with van der Waals surface area (Å²) in [6, 6.07) is 12.3. The summed E-state index contributed by atoms with van der Waals surface area (Å²) in [4.78, 5) is 1.43. The van der Waals surface area contributed by atoms with Crippen LogP contribution < -0.4 is 11.3 Å². The Kier molecular flexibility index (Phi) is 5.20. The van der Waals surface area contributed by atoms with E-state index in [0.717, 1.165) is 29.8 Å². The molecule has 0 aliphatic heterocycles. The first-order valence-electron chi connectivity index (χ1n) is 6.03. The summed E-state index contributed by atoms with van der Waals surface area (Å²) >= 11 is 7.80. The van der Waals surface area contributed by atoms with E-state index in [4.69, 9.17) is 17.4 Å². The first-order chi connectivity index (χ1) is 8.79. The van der Waals surface area contributed by atoms with Crippen LogP contribution in [0.15, 0.2) is 41.8 Å². The van der Waals surface area contributed by atoms with Crippen molar-refractivity contribution in [3.63, 3.8) is 0 Å². The zero-order valence-electron chi connectivity index (χ0n) is 10.1. The van der Waals surface area contributed by atoms with Crippen molar-refractivity contribution in [1.29, 1.82) is 0 Å². The van der Waals surface area contributed by atoms with E-state index < -0.39 is 0 Å². The van der Waals surface area contributed by atoms with E-state index in [1.807, 2.05) is 29.5 Å². The summed E-state index contributed by atoms with van der Waals surface area (Å²) in [7, 11) is 0. The van der Waals surface area contributed by atoms with E-state index in [1.165, 1.54) is 4.88 Å². The number of rotatable bonds is 6. The van der Waals surface area contributed by atoms with Gasteiger partial charge in [0.2, 0.25) is 0 Å². The number of halogens is 1. The maximum atomic E-state index is 5.99. The number of nitrogens with one attached hydrogen (secondary N) is 1. The fraction of sp³-hybridized carbons (Fsp3) is 0.286. The lowest BCUT2D eigenvalue weighted by atomic mass is 10.0. The Balaban J connectivity index is 1.89. The van der Waals surface area contributed by atoms with Gasteiger partial charge in [-0.3, -0.25) is 11.3 Å². The molecule has 0 spiro atoms. The summed E-state index contributed by atoms with van der Waals surface area (Å²) in [5.41, 5.74) is 4.02. The Bertz CT molecular complexity index is 470. The monoisotopic (exact) mass is 280 g/mol. The molecule has 0 saturated heterocycles. The third-order valence-electron chi connectivity index (χ3n) is 2.95. The minimum Gasteiger partial charge on any atom is -0.271 e. The fourth-order valence-electron chi connectivity index (χ4n) is 2.00. The first kappa shape index (κ1) is 13.6. The molecule has 0 aliphatic carbocycles. The first-order valence-corrected chi connectivity index (χ1v) is 7.29. The van der Waals surface area contributed by atoms with Gasteiger partial charge in [0.05, 0.1) is 0 Å². The highest BCUT2D eigenvalue weighted by molar-refractivity contribution is 7.09. The summed E-state index contributed by atoms with van der Waals surface area (Å²) in [5.74, 6) is 5.62. The van der Waals surface area contributed by atoms with E-state index in [1.54, 1.807) is 0 Å². The second-order valence-electron chi connectivity index (χ2n) is 4.25. The molecule has 2 nitrogen and oxygen atoms in total. The van der Waals surface area contributed by atoms with Gasteiger partial charge in [0.15, 0.2) is 0 Å². The highest BCUT2D eigenvalue weighted by Crippen LogP contribution is 2.22. The van der Waals surface area contributed by atoms with E-state index >= 15 is 0 Å². The van der Waals surface area contributed by atoms with Gasteiger partial charge >= 0.3 is 0 Å². The molecule has 2 aromatic rings. The number of benzene rings is 1. The van der Waals surface area contributed by atoms with E-state index in [-0.39, 0.29) is 6.04 Å². The van der Waals surface area contributed by atoms with E-state index in [0.29, 0.717) is 0 Å². The predicted octanol–water partition coefficient (Wildman–Crippen LogP) is 3.93. The Hall–Kier alpha value is -0.870. The van der Waals surface area contributed by atoms with Crippen LogP contribution in [0.25, 0.3) is 0 Å². The zero-order chi connectivity index (χ0) is 12.8. The van der Waals surface area contributed by atoms with Crippen molar-refractivity contribution in [3.05, 3.63) is 57.2 Å². The van der Waals surface area contributed by atoms with Gasteiger partial charge < -0.3 is 0 Å². The lowest BCUT2D eigenvalue weighted by Crippen LogP contribution is -2.28. The second-order valence-corrected chi connectivity index (χ2v) is 5.71. The van der Waals surface area contributed by atoms with Crippen molar-refractivity contribution < 1.29 is 0 Å². The molecule has 1 atom stereocenters. The Labute approximate surface area is 117 Å². The number of aryl methyl sites for hydroxylation is 1. The molecular formula is C14H17ClN2S. The van der Waals surface area contributed by atoms with Crippen LogP contribution in [0, 0.1) is 0 Å². The Morgan fingerprint density at radius 1 is 1.28 bits per heavy atom. The van der Waals surface area contributed by atoms with Crippen molar-refractivity contribution in [2.45, 2.75) is 25.3 Å². The van der Waals surface area contributed by atoms with Gasteiger partial charge in [0.1, 0.15) is 0 Å². The quantitative estimate of drug-likeness (QED) is 0.621. The van der Waals surface area contributed by atoms with Crippen molar-refractivity contribution in [1.82, 2.24) is 5.43 Å². The van der Waals surface area contributed by atoms with Crippen molar-refractivity contribution in [3.8, 4) is 0 Å². The van der Waals surface area contributed by atoms with E-state index in [9.17, 15) is 0 Å². The Morgan fingerprint density at radius 2 is 2.17 bits per heavy atom. The minimum atomic E-state index is 0.170. The molecule has 96 valence electrons. The van der Waals surface area contributed by atoms with Gasteiger partial charge in [-0.05, 0) is 48.4 Å². The van der Waals surface area contributed by atoms with Crippen LogP contribution in [0.1, 0.15) is 29.3 Å². The Morgan fingerprint density at radius 3 is 2.83 bits per heavy atom. The lowest BCUT2D eigenvalue weighted by Gasteiger charge is -2.16. The summed E-state index contributed by atoms with van der Waals surface area (Å²) < 4.78 is 0. The standard InChI is InChI=1S/C14H17ClN2S/c15-12-5-1-4-11(10-12)14(17-16)8-2-6-13-7-3-9-18-13/h1,3-5,7,9-10,14,17H,2,6,8,16H2. The normalized spacial score (nSPS) is 12.6. The molecule has 0 radical (unpaired) electrons. The van der Waals surface area contributed by atoms with Crippen molar-refractivity contribution >= 4 is 22.9 Å². The zero-order valence-corrected chi connectivity index (χ0v) is 11.7. The van der Waals surface area contributed by atoms with Crippen molar-refractivity contribution in [2.24, 2.45) is 5.84 Å². The molecule has 1 unspecified atom stereocenters. The van der Waals surface area contributed by atoms with Crippen LogP contribution >= 0.6 is 22.9 Å². The maximum absolute atomic E-state index is 5.99. The topological polar surface area (TPSA) is 38.0 Å². The molecular weight excluding hydrogens is 264 g/mol. The van der Waals surface area contributed by atoms with Crippen molar-refractivity contribution in [2.75, 3.05) is 0 Å². The summed E-state index contributed by atoms with van der Waals surface area (Å²) in [6.45, 7) is 0. The molecule has 18 heavy (non-hydrogen) atoms. The van der Waals surface area contributed by atoms with Gasteiger partial charge in [-0.2, -0.15) is 0 Å². The van der Waals surface area contributed by atoms with E-state index in [2.05, 4.69) is 29.0 Å². The number of nitrogens with two attached hydrogens (primary N) is 1. The SMILES string of the molecule is NNC(CCCc1cccs1)c1cccc(Cl)c1. The highest BCUT2D eigenvalue weighted by atomic mass is 35.5. The number of thiophene rings is 1. The van der Waals surface area contributed by atoms with Gasteiger partial charge in [0, 0.05) is 15.9 Å². The summed E-state index contributed by atoms with van der Waals surface area (Å²) in [5, 5.41) is 2.87. The lowest BCUT2D eigenvalue weighted by molar-refractivity contribution is 0.499. The van der Waals surface area contributed by atoms with Crippen LogP contribution in [0.3, 0.4) is 0 Å². The molecule has 4 heteroatoms. The van der Waals surface area contributed by atoms with Gasteiger partial charge in [-0.25, -0.2) is 0 Å². The third kappa shape index (κ3) is 3.82. The molecule has 0 saturated carbocycles. The number of hydrazine groups is 1. The largest absolute Gasteiger partial charge is 0.271 e. The smallest absolute Gasteiger partial charge is 0.0460 e. The molecule has 0 fully saturated rings. The average Bonchev–Trinajstić information content (AvgIpc) is 2.88. The average molecular weight is 281 g/mol. The fourth-order valence-corrected chi connectivity index (χ4v) is 2.95. The number of hydrogen-bond donors (Lipinski definition) is 2. The van der Waals surface area contributed by atoms with Gasteiger partial charge in [0.25, 0.3) is 0 Å². The minimum absolute atomic E-state index is 0.170. The van der Waals surface area contributed by atoms with Gasteiger partial charge in [-0.1, -0.05) is 29.8 Å². The summed E-state index contributed by atoms with van der Waals surface area (Å²) in [6.07, 6.45) is 3.23. The second kappa shape index (κ2) is 6.90.